The summed E-state index contributed by atoms with van der Waals surface area (Å²) in [6.07, 6.45) is 0.852. The molecule has 0 atom stereocenters. The minimum absolute atomic E-state index is 0.792. The highest BCUT2D eigenvalue weighted by atomic mass is 32.1. The first-order valence-corrected chi connectivity index (χ1v) is 4.65. The maximum absolute atomic E-state index is 9.88. The van der Waals surface area contributed by atoms with Gasteiger partial charge in [-0.3, -0.25) is 14.4 Å². The van der Waals surface area contributed by atoms with Crippen LogP contribution in [0.25, 0.3) is 0 Å². The summed E-state index contributed by atoms with van der Waals surface area (Å²) in [7, 11) is 0. The van der Waals surface area contributed by atoms with Crippen molar-refractivity contribution in [3.8, 4) is 0 Å². The number of hydrogen-bond donors (Lipinski definition) is 2. The van der Waals surface area contributed by atoms with Crippen molar-refractivity contribution in [2.45, 2.75) is 13.8 Å². The van der Waals surface area contributed by atoms with Crippen molar-refractivity contribution < 1.29 is 24.6 Å². The quantitative estimate of drug-likeness (QED) is 0.719. The Morgan fingerprint density at radius 2 is 1.67 bits per heavy atom. The zero-order valence-corrected chi connectivity index (χ0v) is 9.15. The molecule has 1 rings (SSSR count). The standard InChI is InChI=1S/C5H4OS.2C2H4O2/c6-4-5-2-1-3-7-5;2*1-2(3)4/h1-4H;2*1H3,(H,3,4). The fourth-order valence-electron chi connectivity index (χ4n) is 0.358. The molecule has 0 spiro atoms. The van der Waals surface area contributed by atoms with Gasteiger partial charge in [-0.25, -0.2) is 0 Å². The van der Waals surface area contributed by atoms with Gasteiger partial charge in [0.25, 0.3) is 11.9 Å². The van der Waals surface area contributed by atoms with E-state index in [0.717, 1.165) is 25.0 Å². The fourth-order valence-corrected chi connectivity index (χ4v) is 0.885. The lowest BCUT2D eigenvalue weighted by Crippen LogP contribution is -1.78. The van der Waals surface area contributed by atoms with E-state index < -0.39 is 11.9 Å². The Morgan fingerprint density at radius 3 is 1.80 bits per heavy atom. The average molecular weight is 232 g/mol. The highest BCUT2D eigenvalue weighted by molar-refractivity contribution is 7.11. The first-order valence-electron chi connectivity index (χ1n) is 3.78. The van der Waals surface area contributed by atoms with Crippen LogP contribution in [0.15, 0.2) is 17.5 Å². The van der Waals surface area contributed by atoms with E-state index in [1.807, 2.05) is 11.4 Å². The van der Waals surface area contributed by atoms with Crippen LogP contribution in [0, 0.1) is 0 Å². The number of carboxylic acid groups (broad SMARTS) is 2. The minimum Gasteiger partial charge on any atom is -0.481 e. The van der Waals surface area contributed by atoms with E-state index in [2.05, 4.69) is 0 Å². The first-order chi connectivity index (χ1) is 6.90. The summed E-state index contributed by atoms with van der Waals surface area (Å²) < 4.78 is 0. The van der Waals surface area contributed by atoms with Gasteiger partial charge in [0.2, 0.25) is 0 Å². The number of aliphatic carboxylic acids is 2. The summed E-state index contributed by atoms with van der Waals surface area (Å²) in [4.78, 5) is 28.7. The van der Waals surface area contributed by atoms with Crippen LogP contribution in [0.5, 0.6) is 0 Å². The number of hydrogen-bond acceptors (Lipinski definition) is 4. The number of aldehydes is 1. The molecule has 0 radical (unpaired) electrons. The zero-order valence-electron chi connectivity index (χ0n) is 8.34. The molecule has 5 nitrogen and oxygen atoms in total. The Morgan fingerprint density at radius 1 is 1.27 bits per heavy atom. The second-order valence-electron chi connectivity index (χ2n) is 2.17. The van der Waals surface area contributed by atoms with Crippen LogP contribution in [0.2, 0.25) is 0 Å². The summed E-state index contributed by atoms with van der Waals surface area (Å²) >= 11 is 1.45. The molecule has 15 heavy (non-hydrogen) atoms. The van der Waals surface area contributed by atoms with Gasteiger partial charge in [-0.2, -0.15) is 0 Å². The molecule has 0 aliphatic rings. The summed E-state index contributed by atoms with van der Waals surface area (Å²) in [6, 6.07) is 3.64. The number of rotatable bonds is 1. The van der Waals surface area contributed by atoms with Crippen LogP contribution in [-0.4, -0.2) is 28.4 Å². The minimum atomic E-state index is -0.833. The molecule has 1 aromatic rings. The van der Waals surface area contributed by atoms with Crippen molar-refractivity contribution in [2.75, 3.05) is 0 Å². The molecular formula is C9H12O5S. The summed E-state index contributed by atoms with van der Waals surface area (Å²) in [5, 5.41) is 16.7. The van der Waals surface area contributed by atoms with E-state index in [0.29, 0.717) is 0 Å². The maximum Gasteiger partial charge on any atom is 0.300 e. The number of thiophene rings is 1. The van der Waals surface area contributed by atoms with Gasteiger partial charge in [0.05, 0.1) is 4.88 Å². The normalized spacial score (nSPS) is 7.33. The first kappa shape index (κ1) is 15.8. The molecular weight excluding hydrogens is 220 g/mol. The molecule has 0 unspecified atom stereocenters. The van der Waals surface area contributed by atoms with Crippen LogP contribution in [0.4, 0.5) is 0 Å². The van der Waals surface area contributed by atoms with Crippen LogP contribution in [0.1, 0.15) is 23.5 Å². The lowest BCUT2D eigenvalue weighted by Gasteiger charge is -1.66. The summed E-state index contributed by atoms with van der Waals surface area (Å²) in [5.41, 5.74) is 0. The molecule has 1 heterocycles. The maximum atomic E-state index is 9.88. The monoisotopic (exact) mass is 232 g/mol. The molecule has 0 aliphatic carbocycles. The van der Waals surface area contributed by atoms with E-state index in [9.17, 15) is 4.79 Å². The van der Waals surface area contributed by atoms with Crippen molar-refractivity contribution in [2.24, 2.45) is 0 Å². The Kier molecular flexibility index (Phi) is 10.9. The van der Waals surface area contributed by atoms with E-state index >= 15 is 0 Å². The number of carbonyl (C=O) groups excluding carboxylic acids is 1. The highest BCUT2D eigenvalue weighted by Gasteiger charge is 1.82. The second kappa shape index (κ2) is 10.4. The zero-order chi connectivity index (χ0) is 12.3. The van der Waals surface area contributed by atoms with E-state index in [-0.39, 0.29) is 0 Å². The molecule has 0 saturated carbocycles. The topological polar surface area (TPSA) is 91.7 Å². The van der Waals surface area contributed by atoms with Crippen molar-refractivity contribution in [1.29, 1.82) is 0 Å². The van der Waals surface area contributed by atoms with Gasteiger partial charge in [-0.05, 0) is 11.4 Å². The number of carboxylic acids is 2. The summed E-state index contributed by atoms with van der Waals surface area (Å²) in [6.45, 7) is 2.17. The van der Waals surface area contributed by atoms with Crippen LogP contribution >= 0.6 is 11.3 Å². The van der Waals surface area contributed by atoms with Crippen LogP contribution in [0.3, 0.4) is 0 Å². The molecule has 84 valence electrons. The van der Waals surface area contributed by atoms with Gasteiger partial charge < -0.3 is 10.2 Å². The third-order valence-electron chi connectivity index (χ3n) is 0.659. The van der Waals surface area contributed by atoms with Gasteiger partial charge in [0, 0.05) is 13.8 Å². The number of carbonyl (C=O) groups is 3. The van der Waals surface area contributed by atoms with E-state index in [4.69, 9.17) is 19.8 Å². The molecule has 0 fully saturated rings. The summed E-state index contributed by atoms with van der Waals surface area (Å²) in [5.74, 6) is -1.67. The van der Waals surface area contributed by atoms with Crippen LogP contribution < -0.4 is 0 Å². The molecule has 0 aliphatic heterocycles. The van der Waals surface area contributed by atoms with Crippen LogP contribution in [-0.2, 0) is 9.59 Å². The molecule has 0 bridgehead atoms. The fraction of sp³-hybridized carbons (Fsp3) is 0.222. The Bertz CT molecular complexity index is 271. The molecule has 1 aromatic heterocycles. The van der Waals surface area contributed by atoms with Gasteiger partial charge in [0.15, 0.2) is 6.29 Å². The Labute approximate surface area is 91.0 Å². The molecule has 0 saturated heterocycles. The predicted molar refractivity (Wildman–Crippen MR) is 56.3 cm³/mol. The van der Waals surface area contributed by atoms with E-state index in [1.54, 1.807) is 6.07 Å². The van der Waals surface area contributed by atoms with E-state index in [1.165, 1.54) is 11.3 Å². The molecule has 6 heteroatoms. The average Bonchev–Trinajstić information content (AvgIpc) is 2.52. The van der Waals surface area contributed by atoms with Crippen molar-refractivity contribution in [3.05, 3.63) is 22.4 Å². The van der Waals surface area contributed by atoms with Gasteiger partial charge >= 0.3 is 0 Å². The second-order valence-corrected chi connectivity index (χ2v) is 3.15. The highest BCUT2D eigenvalue weighted by Crippen LogP contribution is 2.03. The molecule has 2 N–H and O–H groups in total. The molecule has 0 aromatic carbocycles. The van der Waals surface area contributed by atoms with Crippen molar-refractivity contribution in [1.82, 2.24) is 0 Å². The lowest BCUT2D eigenvalue weighted by molar-refractivity contribution is -0.135. The SMILES string of the molecule is CC(=O)O.CC(=O)O.O=Cc1cccs1. The largest absolute Gasteiger partial charge is 0.481 e. The van der Waals surface area contributed by atoms with Crippen molar-refractivity contribution in [3.63, 3.8) is 0 Å². The third kappa shape index (κ3) is 24.5. The third-order valence-corrected chi connectivity index (χ3v) is 1.46. The lowest BCUT2D eigenvalue weighted by atomic mass is 10.5. The Hall–Kier alpha value is -1.69. The Balaban J connectivity index is 0. The van der Waals surface area contributed by atoms with Gasteiger partial charge in [-0.1, -0.05) is 6.07 Å². The molecule has 0 amide bonds. The predicted octanol–water partition coefficient (Wildman–Crippen LogP) is 1.74. The van der Waals surface area contributed by atoms with Gasteiger partial charge in [0.1, 0.15) is 0 Å². The van der Waals surface area contributed by atoms with Gasteiger partial charge in [-0.15, -0.1) is 11.3 Å². The van der Waals surface area contributed by atoms with Crippen molar-refractivity contribution >= 4 is 29.6 Å². The smallest absolute Gasteiger partial charge is 0.300 e.